The highest BCUT2D eigenvalue weighted by atomic mass is 35.5. The Labute approximate surface area is 222 Å². The standard InChI is InChI=1S/C26H27ClF2N6O3/c1-34-19-7-4-14(31-23-18(27)9-30-25(33-23)35-10-15-5-6-16(11-35)38-15)8-17(19)20-21(24(34)36)37-12-26(28,29)22(32-20)13-2-3-13/h4,7-9,13,15-16,22,32H,2-3,5-6,10-12H2,1H3,(H,30,31,33). The van der Waals surface area contributed by atoms with Gasteiger partial charge < -0.3 is 29.6 Å². The van der Waals surface area contributed by atoms with Crippen molar-refractivity contribution in [2.24, 2.45) is 13.0 Å². The first-order valence-corrected chi connectivity index (χ1v) is 13.3. The van der Waals surface area contributed by atoms with Crippen molar-refractivity contribution < 1.29 is 18.3 Å². The average Bonchev–Trinajstić information content (AvgIpc) is 3.69. The fourth-order valence-electron chi connectivity index (χ4n) is 5.80. The highest BCUT2D eigenvalue weighted by Gasteiger charge is 2.51. The van der Waals surface area contributed by atoms with Crippen molar-refractivity contribution in [2.45, 2.75) is 49.9 Å². The van der Waals surface area contributed by atoms with E-state index < -0.39 is 24.1 Å². The van der Waals surface area contributed by atoms with Gasteiger partial charge in [-0.2, -0.15) is 4.98 Å². The summed E-state index contributed by atoms with van der Waals surface area (Å²) in [7, 11) is 1.60. The molecule has 0 spiro atoms. The molecule has 4 aliphatic rings. The second kappa shape index (κ2) is 8.67. The Morgan fingerprint density at radius 3 is 2.68 bits per heavy atom. The number of rotatable bonds is 4. The summed E-state index contributed by atoms with van der Waals surface area (Å²) < 4.78 is 42.6. The van der Waals surface area contributed by atoms with Crippen LogP contribution in [-0.4, -0.2) is 58.4 Å². The van der Waals surface area contributed by atoms with Gasteiger partial charge >= 0.3 is 5.92 Å². The second-order valence-corrected chi connectivity index (χ2v) is 11.1. The molecule has 3 atom stereocenters. The molecule has 1 aliphatic carbocycles. The number of halogens is 3. The predicted octanol–water partition coefficient (Wildman–Crippen LogP) is 4.31. The number of pyridine rings is 1. The Hall–Kier alpha value is -3.18. The summed E-state index contributed by atoms with van der Waals surface area (Å²) in [5.41, 5.74) is 1.05. The molecule has 7 rings (SSSR count). The highest BCUT2D eigenvalue weighted by Crippen LogP contribution is 2.45. The zero-order chi connectivity index (χ0) is 26.2. The number of aromatic nitrogens is 3. The van der Waals surface area contributed by atoms with E-state index in [1.165, 1.54) is 4.57 Å². The molecule has 1 saturated carbocycles. The maximum absolute atomic E-state index is 14.9. The molecule has 3 aromatic rings. The van der Waals surface area contributed by atoms with Crippen molar-refractivity contribution in [3.05, 3.63) is 39.8 Å². The Morgan fingerprint density at radius 1 is 1.18 bits per heavy atom. The van der Waals surface area contributed by atoms with Crippen molar-refractivity contribution in [1.82, 2.24) is 14.5 Å². The molecule has 2 bridgehead atoms. The third-order valence-electron chi connectivity index (χ3n) is 7.93. The number of alkyl halides is 2. The fraction of sp³-hybridized carbons (Fsp3) is 0.500. The van der Waals surface area contributed by atoms with Gasteiger partial charge in [-0.3, -0.25) is 4.79 Å². The Balaban J connectivity index is 1.26. The van der Waals surface area contributed by atoms with Crippen molar-refractivity contribution >= 4 is 45.6 Å². The number of aryl methyl sites for hydroxylation is 1. The molecule has 2 saturated heterocycles. The van der Waals surface area contributed by atoms with Gasteiger partial charge in [0, 0.05) is 31.2 Å². The highest BCUT2D eigenvalue weighted by molar-refractivity contribution is 6.33. The largest absolute Gasteiger partial charge is 0.480 e. The van der Waals surface area contributed by atoms with E-state index in [0.29, 0.717) is 39.1 Å². The number of benzene rings is 1. The van der Waals surface area contributed by atoms with Crippen LogP contribution in [0.1, 0.15) is 25.7 Å². The van der Waals surface area contributed by atoms with Crippen LogP contribution >= 0.6 is 11.6 Å². The number of hydrogen-bond acceptors (Lipinski definition) is 8. The molecule has 9 nitrogen and oxygen atoms in total. The van der Waals surface area contributed by atoms with Crippen LogP contribution in [0.25, 0.3) is 10.9 Å². The Bertz CT molecular complexity index is 1480. The van der Waals surface area contributed by atoms with E-state index in [1.807, 2.05) is 0 Å². The van der Waals surface area contributed by atoms with E-state index in [-0.39, 0.29) is 23.9 Å². The second-order valence-electron chi connectivity index (χ2n) is 10.7. The summed E-state index contributed by atoms with van der Waals surface area (Å²) >= 11 is 6.46. The maximum Gasteiger partial charge on any atom is 0.301 e. The lowest BCUT2D eigenvalue weighted by Crippen LogP contribution is -2.44. The van der Waals surface area contributed by atoms with Crippen molar-refractivity contribution in [3.8, 4) is 5.75 Å². The van der Waals surface area contributed by atoms with E-state index >= 15 is 0 Å². The molecule has 3 unspecified atom stereocenters. The quantitative estimate of drug-likeness (QED) is 0.502. The number of anilines is 4. The van der Waals surface area contributed by atoms with Crippen molar-refractivity contribution in [2.75, 3.05) is 35.2 Å². The van der Waals surface area contributed by atoms with Gasteiger partial charge in [0.25, 0.3) is 5.56 Å². The molecule has 2 aromatic heterocycles. The lowest BCUT2D eigenvalue weighted by atomic mass is 10.0. The Morgan fingerprint density at radius 2 is 1.95 bits per heavy atom. The lowest BCUT2D eigenvalue weighted by Gasteiger charge is -2.32. The summed E-state index contributed by atoms with van der Waals surface area (Å²) in [4.78, 5) is 24.3. The van der Waals surface area contributed by atoms with Crippen LogP contribution in [0.4, 0.5) is 31.9 Å². The topological polar surface area (TPSA) is 93.5 Å². The van der Waals surface area contributed by atoms with Crippen LogP contribution in [-0.2, 0) is 11.8 Å². The first-order valence-electron chi connectivity index (χ1n) is 12.9. The number of nitrogens with zero attached hydrogens (tertiary/aromatic N) is 4. The SMILES string of the molecule is Cn1c(=O)c2c(c3cc(Nc4nc(N5CC6CCC(C5)O6)ncc4Cl)ccc31)NC(C1CC1)C(F)(F)CO2. The number of ether oxygens (including phenoxy) is 2. The molecule has 0 amide bonds. The summed E-state index contributed by atoms with van der Waals surface area (Å²) in [6.45, 7) is 0.619. The number of hydrogen-bond donors (Lipinski definition) is 2. The third-order valence-corrected chi connectivity index (χ3v) is 8.21. The summed E-state index contributed by atoms with van der Waals surface area (Å²) in [6, 6.07) is 4.26. The average molecular weight is 545 g/mol. The first kappa shape index (κ1) is 23.9. The molecule has 3 fully saturated rings. The smallest absolute Gasteiger partial charge is 0.301 e. The van der Waals surface area contributed by atoms with Gasteiger partial charge in [-0.15, -0.1) is 0 Å². The molecule has 38 heavy (non-hydrogen) atoms. The van der Waals surface area contributed by atoms with Crippen LogP contribution in [0.2, 0.25) is 5.02 Å². The normalized spacial score (nSPS) is 25.9. The minimum atomic E-state index is -3.10. The molecule has 5 heterocycles. The predicted molar refractivity (Wildman–Crippen MR) is 140 cm³/mol. The van der Waals surface area contributed by atoms with Crippen LogP contribution in [0, 0.1) is 5.92 Å². The van der Waals surface area contributed by atoms with E-state index in [4.69, 9.17) is 21.1 Å². The van der Waals surface area contributed by atoms with Gasteiger partial charge in [-0.25, -0.2) is 13.8 Å². The molecule has 12 heteroatoms. The molecular formula is C26H27ClF2N6O3. The van der Waals surface area contributed by atoms with Crippen LogP contribution < -0.4 is 25.8 Å². The molecular weight excluding hydrogens is 518 g/mol. The third kappa shape index (κ3) is 4.03. The van der Waals surface area contributed by atoms with Gasteiger partial charge in [-0.05, 0) is 49.8 Å². The van der Waals surface area contributed by atoms with Crippen LogP contribution in [0.5, 0.6) is 5.75 Å². The maximum atomic E-state index is 14.9. The summed E-state index contributed by atoms with van der Waals surface area (Å²) in [5.74, 6) is -2.36. The zero-order valence-electron chi connectivity index (χ0n) is 20.7. The van der Waals surface area contributed by atoms with Crippen molar-refractivity contribution in [3.63, 3.8) is 0 Å². The number of fused-ring (bicyclic) bond motifs is 5. The van der Waals surface area contributed by atoms with Gasteiger partial charge in [0.2, 0.25) is 11.7 Å². The van der Waals surface area contributed by atoms with Gasteiger partial charge in [-0.1, -0.05) is 11.6 Å². The van der Waals surface area contributed by atoms with Gasteiger partial charge in [0.1, 0.15) is 5.02 Å². The summed E-state index contributed by atoms with van der Waals surface area (Å²) in [5, 5.41) is 7.20. The molecule has 2 N–H and O–H groups in total. The van der Waals surface area contributed by atoms with Crippen LogP contribution in [0.3, 0.4) is 0 Å². The minimum absolute atomic E-state index is 0.0933. The number of morpholine rings is 1. The van der Waals surface area contributed by atoms with Crippen LogP contribution in [0.15, 0.2) is 29.2 Å². The molecule has 1 aromatic carbocycles. The Kier molecular flexibility index (Phi) is 5.45. The molecule has 3 aliphatic heterocycles. The minimum Gasteiger partial charge on any atom is -0.480 e. The molecule has 0 radical (unpaired) electrons. The van der Waals surface area contributed by atoms with E-state index in [9.17, 15) is 13.6 Å². The van der Waals surface area contributed by atoms with E-state index in [0.717, 1.165) is 38.8 Å². The summed E-state index contributed by atoms with van der Waals surface area (Å²) in [6.07, 6.45) is 5.46. The first-order chi connectivity index (χ1) is 18.3. The van der Waals surface area contributed by atoms with Gasteiger partial charge in [0.05, 0.1) is 35.7 Å². The number of nitrogens with one attached hydrogen (secondary N) is 2. The zero-order valence-corrected chi connectivity index (χ0v) is 21.5. The lowest BCUT2D eigenvalue weighted by molar-refractivity contribution is -0.0579. The van der Waals surface area contributed by atoms with E-state index in [2.05, 4.69) is 25.5 Å². The monoisotopic (exact) mass is 544 g/mol. The fourth-order valence-corrected chi connectivity index (χ4v) is 5.94. The van der Waals surface area contributed by atoms with Crippen molar-refractivity contribution in [1.29, 1.82) is 0 Å². The molecule has 200 valence electrons. The van der Waals surface area contributed by atoms with Gasteiger partial charge in [0.15, 0.2) is 12.4 Å². The van der Waals surface area contributed by atoms with E-state index in [1.54, 1.807) is 31.4 Å².